The summed E-state index contributed by atoms with van der Waals surface area (Å²) < 4.78 is 6.71. The second-order valence-corrected chi connectivity index (χ2v) is 8.17. The number of hydrogen-bond donors (Lipinski definition) is 0. The Morgan fingerprint density at radius 3 is 2.76 bits per heavy atom. The zero-order valence-electron chi connectivity index (χ0n) is 17.1. The van der Waals surface area contributed by atoms with E-state index in [4.69, 9.17) is 4.74 Å². The van der Waals surface area contributed by atoms with Gasteiger partial charge in [-0.15, -0.1) is 5.10 Å². The fraction of sp³-hybridized carbons (Fsp3) is 0.619. The number of nitrogens with zero attached hydrogens (tertiary/aromatic N) is 6. The fourth-order valence-corrected chi connectivity index (χ4v) is 4.69. The van der Waals surface area contributed by atoms with Gasteiger partial charge in [-0.25, -0.2) is 4.68 Å². The van der Waals surface area contributed by atoms with Crippen LogP contribution >= 0.6 is 0 Å². The largest absolute Gasteiger partial charge is 0.383 e. The van der Waals surface area contributed by atoms with Crippen LogP contribution in [0, 0.1) is 5.92 Å². The molecule has 4 rings (SSSR count). The molecule has 1 saturated heterocycles. The van der Waals surface area contributed by atoms with Crippen LogP contribution in [-0.4, -0.2) is 81.9 Å². The Morgan fingerprint density at radius 1 is 1.28 bits per heavy atom. The van der Waals surface area contributed by atoms with E-state index in [1.807, 2.05) is 4.90 Å². The average Bonchev–Trinajstić information content (AvgIpc) is 3.40. The molecule has 1 fully saturated rings. The highest BCUT2D eigenvalue weighted by Gasteiger charge is 2.31. The van der Waals surface area contributed by atoms with Crippen molar-refractivity contribution >= 4 is 5.91 Å². The molecular formula is C21H30N6O2. The number of hydrogen-bond acceptors (Lipinski definition) is 6. The van der Waals surface area contributed by atoms with Gasteiger partial charge in [0.1, 0.15) is 12.9 Å². The van der Waals surface area contributed by atoms with Crippen LogP contribution in [0.4, 0.5) is 0 Å². The van der Waals surface area contributed by atoms with E-state index in [1.54, 1.807) is 7.11 Å². The summed E-state index contributed by atoms with van der Waals surface area (Å²) in [5, 5.41) is 11.0. The first-order valence-electron chi connectivity index (χ1n) is 10.5. The van der Waals surface area contributed by atoms with E-state index in [0.29, 0.717) is 25.1 Å². The van der Waals surface area contributed by atoms with Crippen LogP contribution in [0.1, 0.15) is 24.0 Å². The maximum absolute atomic E-state index is 12.8. The van der Waals surface area contributed by atoms with Crippen LogP contribution in [0.25, 0.3) is 0 Å². The van der Waals surface area contributed by atoms with Crippen molar-refractivity contribution in [2.75, 3.05) is 39.9 Å². The predicted molar refractivity (Wildman–Crippen MR) is 108 cm³/mol. The van der Waals surface area contributed by atoms with Crippen molar-refractivity contribution in [2.45, 2.75) is 38.3 Å². The van der Waals surface area contributed by atoms with Crippen molar-refractivity contribution in [3.8, 4) is 0 Å². The number of methoxy groups -OCH3 is 1. The van der Waals surface area contributed by atoms with Crippen molar-refractivity contribution < 1.29 is 9.53 Å². The molecule has 0 unspecified atom stereocenters. The first kappa shape index (κ1) is 20.0. The summed E-state index contributed by atoms with van der Waals surface area (Å²) in [4.78, 5) is 17.4. The third kappa shape index (κ3) is 5.00. The normalized spacial score (nSPS) is 20.0. The van der Waals surface area contributed by atoms with Gasteiger partial charge < -0.3 is 9.64 Å². The second kappa shape index (κ2) is 9.45. The zero-order chi connectivity index (χ0) is 20.1. The van der Waals surface area contributed by atoms with Gasteiger partial charge in [0.05, 0.1) is 6.61 Å². The standard InChI is InChI=1S/C21H30N6O2/c1-29-10-9-26(21(28)15-27-16-22-23-24-27)14-17-5-4-8-25(13-17)20-11-18-6-2-3-7-19(18)12-20/h2-3,6-7,16-17,20H,4-5,8-15H2,1H3/t17-/m0/s1. The minimum absolute atomic E-state index is 0.0414. The first-order valence-corrected chi connectivity index (χ1v) is 10.5. The molecule has 2 heterocycles. The summed E-state index contributed by atoms with van der Waals surface area (Å²) in [6, 6.07) is 9.41. The van der Waals surface area contributed by atoms with Gasteiger partial charge >= 0.3 is 0 Å². The van der Waals surface area contributed by atoms with Crippen LogP contribution < -0.4 is 0 Å². The van der Waals surface area contributed by atoms with Gasteiger partial charge in [-0.3, -0.25) is 9.69 Å². The number of ether oxygens (including phenoxy) is 1. The van der Waals surface area contributed by atoms with E-state index in [1.165, 1.54) is 28.6 Å². The maximum atomic E-state index is 12.8. The summed E-state index contributed by atoms with van der Waals surface area (Å²) >= 11 is 0. The second-order valence-electron chi connectivity index (χ2n) is 8.17. The first-order chi connectivity index (χ1) is 14.2. The molecule has 156 valence electrons. The quantitative estimate of drug-likeness (QED) is 0.661. The lowest BCUT2D eigenvalue weighted by Crippen LogP contribution is -2.48. The molecule has 0 spiro atoms. The monoisotopic (exact) mass is 398 g/mol. The summed E-state index contributed by atoms with van der Waals surface area (Å²) in [7, 11) is 1.67. The minimum Gasteiger partial charge on any atom is -0.383 e. The molecule has 8 heteroatoms. The number of likely N-dealkylation sites (tertiary alicyclic amines) is 1. The number of amides is 1. The molecule has 29 heavy (non-hydrogen) atoms. The molecule has 1 aliphatic heterocycles. The highest BCUT2D eigenvalue weighted by Crippen LogP contribution is 2.29. The molecule has 0 N–H and O–H groups in total. The van der Waals surface area contributed by atoms with Crippen LogP contribution in [0.3, 0.4) is 0 Å². The predicted octanol–water partition coefficient (Wildman–Crippen LogP) is 1.03. The number of rotatable bonds is 8. The maximum Gasteiger partial charge on any atom is 0.244 e. The molecule has 1 amide bonds. The minimum atomic E-state index is 0.0414. The van der Waals surface area contributed by atoms with Crippen LogP contribution in [0.2, 0.25) is 0 Å². The van der Waals surface area contributed by atoms with E-state index >= 15 is 0 Å². The summed E-state index contributed by atoms with van der Waals surface area (Å²) in [5.41, 5.74) is 3.00. The Bertz CT molecular complexity index is 771. The summed E-state index contributed by atoms with van der Waals surface area (Å²) in [6.45, 7) is 4.29. The molecule has 8 nitrogen and oxygen atoms in total. The smallest absolute Gasteiger partial charge is 0.244 e. The lowest BCUT2D eigenvalue weighted by molar-refractivity contribution is -0.133. The van der Waals surface area contributed by atoms with Crippen molar-refractivity contribution in [1.82, 2.24) is 30.0 Å². The number of fused-ring (bicyclic) bond motifs is 1. The zero-order valence-corrected chi connectivity index (χ0v) is 17.1. The highest BCUT2D eigenvalue weighted by atomic mass is 16.5. The molecule has 2 aliphatic rings. The van der Waals surface area contributed by atoms with Gasteiger partial charge in [-0.2, -0.15) is 0 Å². The molecule has 1 aliphatic carbocycles. The molecule has 0 bridgehead atoms. The molecular weight excluding hydrogens is 368 g/mol. The third-order valence-electron chi connectivity index (χ3n) is 6.18. The number of tetrazole rings is 1. The van der Waals surface area contributed by atoms with E-state index < -0.39 is 0 Å². The molecule has 1 aromatic carbocycles. The van der Waals surface area contributed by atoms with Gasteiger partial charge in [0, 0.05) is 32.8 Å². The topological polar surface area (TPSA) is 76.4 Å². The van der Waals surface area contributed by atoms with Crippen LogP contribution in [0.5, 0.6) is 0 Å². The van der Waals surface area contributed by atoms with Crippen LogP contribution in [-0.2, 0) is 28.9 Å². The molecule has 0 saturated carbocycles. The van der Waals surface area contributed by atoms with Crippen molar-refractivity contribution in [3.05, 3.63) is 41.7 Å². The van der Waals surface area contributed by atoms with E-state index in [-0.39, 0.29) is 12.5 Å². The van der Waals surface area contributed by atoms with Crippen molar-refractivity contribution in [2.24, 2.45) is 5.92 Å². The number of aromatic nitrogens is 4. The van der Waals surface area contributed by atoms with Gasteiger partial charge in [-0.05, 0) is 59.7 Å². The van der Waals surface area contributed by atoms with E-state index in [2.05, 4.69) is 44.7 Å². The van der Waals surface area contributed by atoms with Crippen molar-refractivity contribution in [3.63, 3.8) is 0 Å². The van der Waals surface area contributed by atoms with Crippen molar-refractivity contribution in [1.29, 1.82) is 0 Å². The lowest BCUT2D eigenvalue weighted by atomic mass is 9.95. The molecule has 2 aromatic rings. The molecule has 1 aromatic heterocycles. The third-order valence-corrected chi connectivity index (χ3v) is 6.18. The number of carbonyl (C=O) groups excluding carboxylic acids is 1. The lowest BCUT2D eigenvalue weighted by Gasteiger charge is -2.38. The summed E-state index contributed by atoms with van der Waals surface area (Å²) in [6.07, 6.45) is 6.13. The molecule has 1 atom stereocenters. The Morgan fingerprint density at radius 2 is 2.07 bits per heavy atom. The fourth-order valence-electron chi connectivity index (χ4n) is 4.69. The highest BCUT2D eigenvalue weighted by molar-refractivity contribution is 5.75. The number of piperidine rings is 1. The number of benzene rings is 1. The SMILES string of the molecule is COCCN(C[C@H]1CCCN(C2Cc3ccccc3C2)C1)C(=O)Cn1cnnn1. The Labute approximate surface area is 171 Å². The van der Waals surface area contributed by atoms with Gasteiger partial charge in [0.25, 0.3) is 0 Å². The van der Waals surface area contributed by atoms with E-state index in [0.717, 1.165) is 38.9 Å². The Balaban J connectivity index is 1.35. The van der Waals surface area contributed by atoms with Gasteiger partial charge in [-0.1, -0.05) is 24.3 Å². The molecule has 0 radical (unpaired) electrons. The Hall–Kier alpha value is -2.32. The average molecular weight is 399 g/mol. The van der Waals surface area contributed by atoms with Gasteiger partial charge in [0.2, 0.25) is 5.91 Å². The van der Waals surface area contributed by atoms with Gasteiger partial charge in [0.15, 0.2) is 0 Å². The summed E-state index contributed by atoms with van der Waals surface area (Å²) in [5.74, 6) is 0.530. The van der Waals surface area contributed by atoms with E-state index in [9.17, 15) is 4.79 Å². The van der Waals surface area contributed by atoms with Crippen LogP contribution in [0.15, 0.2) is 30.6 Å². The number of carbonyl (C=O) groups is 1. The Kier molecular flexibility index (Phi) is 6.51.